The first-order chi connectivity index (χ1) is 13.3. The van der Waals surface area contributed by atoms with Gasteiger partial charge in [-0.05, 0) is 56.0 Å². The maximum absolute atomic E-state index is 13.3. The molecule has 1 saturated heterocycles. The quantitative estimate of drug-likeness (QED) is 0.773. The number of carbonyl (C=O) groups is 1. The standard InChI is InChI=1S/C20H26F3N3O2/c1-13-17(12-18(27)28-2)26(25-19(13)20(21,22)23)16-5-3-14(4-6-16)11-15-7-9-24-10-8-15/h3-6,13,15,17,24H,7-12H2,1-2H3. The number of anilines is 1. The summed E-state index contributed by atoms with van der Waals surface area (Å²) in [4.78, 5) is 11.7. The molecule has 2 atom stereocenters. The second-order valence-corrected chi connectivity index (χ2v) is 7.53. The molecule has 0 amide bonds. The van der Waals surface area contributed by atoms with E-state index in [9.17, 15) is 18.0 Å². The molecule has 1 aromatic rings. The lowest BCUT2D eigenvalue weighted by atomic mass is 9.91. The van der Waals surface area contributed by atoms with Crippen LogP contribution in [0.2, 0.25) is 0 Å². The molecule has 3 rings (SSSR count). The molecule has 0 bridgehead atoms. The van der Waals surface area contributed by atoms with Crippen molar-refractivity contribution in [3.8, 4) is 0 Å². The fourth-order valence-electron chi connectivity index (χ4n) is 3.96. The molecule has 1 fully saturated rings. The highest BCUT2D eigenvalue weighted by molar-refractivity contribution is 5.96. The summed E-state index contributed by atoms with van der Waals surface area (Å²) >= 11 is 0. The molecule has 2 aliphatic rings. The molecule has 28 heavy (non-hydrogen) atoms. The maximum Gasteiger partial charge on any atom is 0.431 e. The van der Waals surface area contributed by atoms with Gasteiger partial charge in [0.1, 0.15) is 5.71 Å². The predicted molar refractivity (Wildman–Crippen MR) is 101 cm³/mol. The van der Waals surface area contributed by atoms with Crippen molar-refractivity contribution >= 4 is 17.4 Å². The Kier molecular flexibility index (Phi) is 6.27. The van der Waals surface area contributed by atoms with E-state index in [1.54, 1.807) is 12.1 Å². The van der Waals surface area contributed by atoms with Gasteiger partial charge in [0.05, 0.1) is 25.3 Å². The van der Waals surface area contributed by atoms with Crippen LogP contribution in [0.15, 0.2) is 29.4 Å². The summed E-state index contributed by atoms with van der Waals surface area (Å²) in [5, 5.41) is 8.49. The molecule has 0 saturated carbocycles. The third-order valence-corrected chi connectivity index (χ3v) is 5.62. The zero-order valence-electron chi connectivity index (χ0n) is 16.1. The summed E-state index contributed by atoms with van der Waals surface area (Å²) in [6.07, 6.45) is -1.46. The zero-order valence-corrected chi connectivity index (χ0v) is 16.1. The largest absolute Gasteiger partial charge is 0.469 e. The number of esters is 1. The summed E-state index contributed by atoms with van der Waals surface area (Å²) in [5.74, 6) is -0.850. The Morgan fingerprint density at radius 3 is 2.46 bits per heavy atom. The summed E-state index contributed by atoms with van der Waals surface area (Å²) in [5.41, 5.74) is 0.849. The smallest absolute Gasteiger partial charge is 0.431 e. The highest BCUT2D eigenvalue weighted by Crippen LogP contribution is 2.36. The van der Waals surface area contributed by atoms with Crippen molar-refractivity contribution in [3.05, 3.63) is 29.8 Å². The molecule has 2 heterocycles. The van der Waals surface area contributed by atoms with Crippen LogP contribution >= 0.6 is 0 Å². The van der Waals surface area contributed by atoms with Crippen molar-refractivity contribution in [3.63, 3.8) is 0 Å². The van der Waals surface area contributed by atoms with Crippen LogP contribution in [0.4, 0.5) is 18.9 Å². The number of nitrogens with one attached hydrogen (secondary N) is 1. The number of alkyl halides is 3. The molecule has 0 spiro atoms. The topological polar surface area (TPSA) is 53.9 Å². The number of nitrogens with zero attached hydrogens (tertiary/aromatic N) is 2. The van der Waals surface area contributed by atoms with Gasteiger partial charge >= 0.3 is 12.1 Å². The molecule has 8 heteroatoms. The third-order valence-electron chi connectivity index (χ3n) is 5.62. The minimum atomic E-state index is -4.53. The number of hydrogen-bond acceptors (Lipinski definition) is 5. The molecule has 0 radical (unpaired) electrons. The number of halogens is 3. The molecule has 1 aromatic carbocycles. The number of hydrogen-bond donors (Lipinski definition) is 1. The van der Waals surface area contributed by atoms with E-state index in [-0.39, 0.29) is 6.42 Å². The first-order valence-corrected chi connectivity index (χ1v) is 9.61. The van der Waals surface area contributed by atoms with Gasteiger partial charge < -0.3 is 10.1 Å². The molecule has 2 unspecified atom stereocenters. The van der Waals surface area contributed by atoms with Crippen molar-refractivity contribution < 1.29 is 22.7 Å². The number of ether oxygens (including phenoxy) is 1. The SMILES string of the molecule is COC(=O)CC1C(C)C(C(F)(F)F)=NN1c1ccc(CC2CCNCC2)cc1. The summed E-state index contributed by atoms with van der Waals surface area (Å²) < 4.78 is 44.7. The predicted octanol–water partition coefficient (Wildman–Crippen LogP) is 3.53. The fourth-order valence-corrected chi connectivity index (χ4v) is 3.96. The highest BCUT2D eigenvalue weighted by Gasteiger charge is 2.48. The molecular weight excluding hydrogens is 371 g/mol. The Balaban J connectivity index is 1.79. The van der Waals surface area contributed by atoms with E-state index in [4.69, 9.17) is 0 Å². The molecule has 5 nitrogen and oxygen atoms in total. The molecular formula is C20H26F3N3O2. The molecule has 2 aliphatic heterocycles. The first-order valence-electron chi connectivity index (χ1n) is 9.61. The van der Waals surface area contributed by atoms with Gasteiger partial charge in [-0.15, -0.1) is 0 Å². The van der Waals surface area contributed by atoms with Crippen LogP contribution in [0.3, 0.4) is 0 Å². The lowest BCUT2D eigenvalue weighted by Gasteiger charge is -2.26. The lowest BCUT2D eigenvalue weighted by Crippen LogP contribution is -2.37. The summed E-state index contributed by atoms with van der Waals surface area (Å²) in [6.45, 7) is 3.50. The van der Waals surface area contributed by atoms with Gasteiger partial charge in [-0.2, -0.15) is 18.3 Å². The Morgan fingerprint density at radius 1 is 1.25 bits per heavy atom. The highest BCUT2D eigenvalue weighted by atomic mass is 19.4. The summed E-state index contributed by atoms with van der Waals surface area (Å²) in [6, 6.07) is 6.74. The van der Waals surface area contributed by atoms with Gasteiger partial charge in [-0.1, -0.05) is 19.1 Å². The Hall–Kier alpha value is -2.09. The second kappa shape index (κ2) is 8.51. The third kappa shape index (κ3) is 4.66. The second-order valence-electron chi connectivity index (χ2n) is 7.53. The monoisotopic (exact) mass is 397 g/mol. The van der Waals surface area contributed by atoms with Gasteiger partial charge in [0.25, 0.3) is 0 Å². The molecule has 0 aliphatic carbocycles. The van der Waals surface area contributed by atoms with Crippen LogP contribution in [-0.2, 0) is 16.0 Å². The van der Waals surface area contributed by atoms with Crippen LogP contribution in [-0.4, -0.2) is 44.1 Å². The van der Waals surface area contributed by atoms with Crippen molar-refractivity contribution in [1.29, 1.82) is 0 Å². The number of benzene rings is 1. The lowest BCUT2D eigenvalue weighted by molar-refractivity contribution is -0.141. The van der Waals surface area contributed by atoms with Crippen molar-refractivity contribution in [2.24, 2.45) is 16.9 Å². The number of rotatable bonds is 5. The Labute approximate surface area is 162 Å². The minimum Gasteiger partial charge on any atom is -0.469 e. The van der Waals surface area contributed by atoms with E-state index < -0.39 is 29.8 Å². The molecule has 1 N–H and O–H groups in total. The maximum atomic E-state index is 13.3. The molecule has 0 aromatic heterocycles. The van der Waals surface area contributed by atoms with Crippen molar-refractivity contribution in [2.75, 3.05) is 25.2 Å². The van der Waals surface area contributed by atoms with Crippen molar-refractivity contribution in [1.82, 2.24) is 5.32 Å². The Morgan fingerprint density at radius 2 is 1.89 bits per heavy atom. The minimum absolute atomic E-state index is 0.155. The number of carbonyl (C=O) groups excluding carboxylic acids is 1. The van der Waals surface area contributed by atoms with Crippen LogP contribution in [0, 0.1) is 11.8 Å². The summed E-state index contributed by atoms with van der Waals surface area (Å²) in [7, 11) is 1.23. The van der Waals surface area contributed by atoms with Crippen LogP contribution in [0.25, 0.3) is 0 Å². The van der Waals surface area contributed by atoms with Gasteiger partial charge in [-0.3, -0.25) is 9.80 Å². The number of methoxy groups -OCH3 is 1. The number of hydrazone groups is 1. The normalized spacial score (nSPS) is 23.6. The first kappa shape index (κ1) is 20.6. The van der Waals surface area contributed by atoms with Gasteiger partial charge in [0.2, 0.25) is 0 Å². The fraction of sp³-hybridized carbons (Fsp3) is 0.600. The van der Waals surface area contributed by atoms with Gasteiger partial charge in [-0.25, -0.2) is 0 Å². The number of piperidine rings is 1. The van der Waals surface area contributed by atoms with E-state index in [1.807, 2.05) is 12.1 Å². The van der Waals surface area contributed by atoms with E-state index in [2.05, 4.69) is 15.2 Å². The average Bonchev–Trinajstić information content (AvgIpc) is 3.00. The van der Waals surface area contributed by atoms with Crippen LogP contribution < -0.4 is 10.3 Å². The van der Waals surface area contributed by atoms with Gasteiger partial charge in [0, 0.05) is 5.92 Å². The van der Waals surface area contributed by atoms with E-state index in [0.717, 1.165) is 37.9 Å². The molecule has 154 valence electrons. The van der Waals surface area contributed by atoms with Crippen LogP contribution in [0.5, 0.6) is 0 Å². The van der Waals surface area contributed by atoms with Crippen molar-refractivity contribution in [2.45, 2.75) is 44.8 Å². The van der Waals surface area contributed by atoms with Gasteiger partial charge in [0.15, 0.2) is 0 Å². The van der Waals surface area contributed by atoms with E-state index in [0.29, 0.717) is 11.6 Å². The van der Waals surface area contributed by atoms with E-state index >= 15 is 0 Å². The zero-order chi connectivity index (χ0) is 20.3. The average molecular weight is 397 g/mol. The Bertz CT molecular complexity index is 712. The van der Waals surface area contributed by atoms with Crippen LogP contribution in [0.1, 0.15) is 31.7 Å². The van der Waals surface area contributed by atoms with E-state index in [1.165, 1.54) is 19.0 Å².